The number of hydrogen-bond donors (Lipinski definition) is 1. The van der Waals surface area contributed by atoms with Crippen molar-refractivity contribution in [1.82, 2.24) is 15.2 Å². The molecule has 0 radical (unpaired) electrons. The van der Waals surface area contributed by atoms with Crippen LogP contribution < -0.4 is 5.32 Å². The van der Waals surface area contributed by atoms with Crippen molar-refractivity contribution in [2.45, 2.75) is 32.2 Å². The van der Waals surface area contributed by atoms with Crippen molar-refractivity contribution < 1.29 is 18.4 Å². The smallest absolute Gasteiger partial charge is 0.253 e. The third-order valence-electron chi connectivity index (χ3n) is 5.93. The number of aryl methyl sites for hydroxylation is 1. The van der Waals surface area contributed by atoms with Gasteiger partial charge in [0.2, 0.25) is 0 Å². The van der Waals surface area contributed by atoms with Crippen LogP contribution in [0.15, 0.2) is 60.7 Å². The average Bonchev–Trinajstić information content (AvgIpc) is 2.83. The van der Waals surface area contributed by atoms with E-state index in [1.165, 1.54) is 36.4 Å². The summed E-state index contributed by atoms with van der Waals surface area (Å²) in [5, 5.41) is 2.89. The van der Waals surface area contributed by atoms with E-state index in [4.69, 9.17) is 0 Å². The predicted octanol–water partition coefficient (Wildman–Crippen LogP) is 4.62. The van der Waals surface area contributed by atoms with Crippen LogP contribution in [0.5, 0.6) is 0 Å². The molecule has 1 N–H and O–H groups in total. The highest BCUT2D eigenvalue weighted by molar-refractivity contribution is 5.95. The van der Waals surface area contributed by atoms with Gasteiger partial charge in [0, 0.05) is 36.8 Å². The van der Waals surface area contributed by atoms with Gasteiger partial charge in [-0.1, -0.05) is 12.1 Å². The normalized spacial score (nSPS) is 14.2. The minimum atomic E-state index is -0.374. The summed E-state index contributed by atoms with van der Waals surface area (Å²) in [6.45, 7) is 3.24. The second-order valence-electron chi connectivity index (χ2n) is 8.27. The molecular formula is C26H25F2N3O2. The van der Waals surface area contributed by atoms with E-state index < -0.39 is 0 Å². The van der Waals surface area contributed by atoms with Crippen molar-refractivity contribution in [2.24, 2.45) is 0 Å². The Morgan fingerprint density at radius 1 is 0.939 bits per heavy atom. The summed E-state index contributed by atoms with van der Waals surface area (Å²) in [4.78, 5) is 32.1. The maximum atomic E-state index is 13.2. The van der Waals surface area contributed by atoms with Gasteiger partial charge < -0.3 is 10.2 Å². The van der Waals surface area contributed by atoms with Gasteiger partial charge in [-0.15, -0.1) is 0 Å². The fourth-order valence-corrected chi connectivity index (χ4v) is 4.09. The van der Waals surface area contributed by atoms with Crippen LogP contribution >= 0.6 is 0 Å². The highest BCUT2D eigenvalue weighted by atomic mass is 19.1. The molecule has 1 aliphatic heterocycles. The van der Waals surface area contributed by atoms with Gasteiger partial charge in [0.05, 0.1) is 11.3 Å². The maximum Gasteiger partial charge on any atom is 0.253 e. The standard InChI is InChI=1S/C26H25F2N3O2/c1-17-2-11-23(25(32)29-16-18-3-7-21(27)8-4-18)24(30-17)19-12-14-31(15-13-19)26(33)20-5-9-22(28)10-6-20/h2-11,19H,12-16H2,1H3,(H,29,32). The summed E-state index contributed by atoms with van der Waals surface area (Å²) in [6, 6.07) is 15.2. The number of nitrogens with zero attached hydrogens (tertiary/aromatic N) is 2. The van der Waals surface area contributed by atoms with E-state index in [0.717, 1.165) is 17.0 Å². The summed E-state index contributed by atoms with van der Waals surface area (Å²) in [6.07, 6.45) is 1.36. The van der Waals surface area contributed by atoms with Gasteiger partial charge in [0.25, 0.3) is 11.8 Å². The Bertz CT molecular complexity index is 1140. The van der Waals surface area contributed by atoms with Crippen molar-refractivity contribution in [3.05, 3.63) is 100 Å². The molecule has 4 rings (SSSR count). The van der Waals surface area contributed by atoms with Gasteiger partial charge in [0.1, 0.15) is 11.6 Å². The summed E-state index contributed by atoms with van der Waals surface area (Å²) >= 11 is 0. The highest BCUT2D eigenvalue weighted by Gasteiger charge is 2.28. The van der Waals surface area contributed by atoms with Crippen LogP contribution in [-0.2, 0) is 6.54 Å². The third-order valence-corrected chi connectivity index (χ3v) is 5.93. The number of likely N-dealkylation sites (tertiary alicyclic amines) is 1. The van der Waals surface area contributed by atoms with Crippen molar-refractivity contribution in [3.63, 3.8) is 0 Å². The molecule has 2 amide bonds. The molecule has 5 nitrogen and oxygen atoms in total. The number of hydrogen-bond acceptors (Lipinski definition) is 3. The van der Waals surface area contributed by atoms with Crippen LogP contribution in [0.4, 0.5) is 8.78 Å². The lowest BCUT2D eigenvalue weighted by Crippen LogP contribution is -2.38. The van der Waals surface area contributed by atoms with Gasteiger partial charge in [-0.05, 0) is 73.9 Å². The minimum absolute atomic E-state index is 0.0498. The number of carbonyl (C=O) groups is 2. The van der Waals surface area contributed by atoms with Gasteiger partial charge >= 0.3 is 0 Å². The number of rotatable bonds is 5. The molecule has 0 aliphatic carbocycles. The van der Waals surface area contributed by atoms with Crippen LogP contribution in [-0.4, -0.2) is 34.8 Å². The minimum Gasteiger partial charge on any atom is -0.348 e. The molecule has 0 saturated carbocycles. The molecular weight excluding hydrogens is 424 g/mol. The van der Waals surface area contributed by atoms with Crippen LogP contribution in [0.25, 0.3) is 0 Å². The SMILES string of the molecule is Cc1ccc(C(=O)NCc2ccc(F)cc2)c(C2CCN(C(=O)c3ccc(F)cc3)CC2)n1. The van der Waals surface area contributed by atoms with Gasteiger partial charge in [-0.25, -0.2) is 8.78 Å². The summed E-state index contributed by atoms with van der Waals surface area (Å²) in [7, 11) is 0. The molecule has 0 bridgehead atoms. The topological polar surface area (TPSA) is 62.3 Å². The lowest BCUT2D eigenvalue weighted by atomic mass is 9.89. The molecule has 2 heterocycles. The number of piperidine rings is 1. The molecule has 170 valence electrons. The van der Waals surface area contributed by atoms with Crippen LogP contribution in [0.3, 0.4) is 0 Å². The van der Waals surface area contributed by atoms with E-state index in [1.54, 1.807) is 23.1 Å². The molecule has 1 saturated heterocycles. The Hall–Kier alpha value is -3.61. The second kappa shape index (κ2) is 9.90. The molecule has 2 aromatic carbocycles. The molecule has 1 aromatic heterocycles. The van der Waals surface area contributed by atoms with Crippen molar-refractivity contribution in [3.8, 4) is 0 Å². The van der Waals surface area contributed by atoms with E-state index in [1.807, 2.05) is 13.0 Å². The van der Waals surface area contributed by atoms with Gasteiger partial charge in [-0.2, -0.15) is 0 Å². The summed E-state index contributed by atoms with van der Waals surface area (Å²) in [5.41, 5.74) is 3.35. The Morgan fingerprint density at radius 3 is 2.18 bits per heavy atom. The molecule has 7 heteroatoms. The first-order chi connectivity index (χ1) is 15.9. The largest absolute Gasteiger partial charge is 0.348 e. The zero-order valence-corrected chi connectivity index (χ0v) is 18.4. The van der Waals surface area contributed by atoms with Crippen molar-refractivity contribution in [1.29, 1.82) is 0 Å². The summed E-state index contributed by atoms with van der Waals surface area (Å²) in [5.74, 6) is -0.997. The van der Waals surface area contributed by atoms with Crippen LogP contribution in [0.2, 0.25) is 0 Å². The Balaban J connectivity index is 1.43. The van der Waals surface area contributed by atoms with Crippen LogP contribution in [0.1, 0.15) is 56.4 Å². The number of halogens is 2. The fraction of sp³-hybridized carbons (Fsp3) is 0.269. The Kier molecular flexibility index (Phi) is 6.77. The zero-order chi connectivity index (χ0) is 23.4. The molecule has 0 unspecified atom stereocenters. The summed E-state index contributed by atoms with van der Waals surface area (Å²) < 4.78 is 26.3. The van der Waals surface area contributed by atoms with E-state index >= 15 is 0 Å². The number of aromatic nitrogens is 1. The van der Waals surface area contributed by atoms with Crippen LogP contribution in [0, 0.1) is 18.6 Å². The number of nitrogens with one attached hydrogen (secondary N) is 1. The Morgan fingerprint density at radius 2 is 1.55 bits per heavy atom. The molecule has 1 aliphatic rings. The highest BCUT2D eigenvalue weighted by Crippen LogP contribution is 2.30. The maximum absolute atomic E-state index is 13.2. The number of pyridine rings is 1. The van der Waals surface area contributed by atoms with Gasteiger partial charge in [-0.3, -0.25) is 14.6 Å². The molecule has 3 aromatic rings. The fourth-order valence-electron chi connectivity index (χ4n) is 4.09. The third kappa shape index (κ3) is 5.42. The molecule has 33 heavy (non-hydrogen) atoms. The molecule has 0 spiro atoms. The monoisotopic (exact) mass is 449 g/mol. The van der Waals surface area contributed by atoms with E-state index in [2.05, 4.69) is 10.3 Å². The quantitative estimate of drug-likeness (QED) is 0.618. The number of benzene rings is 2. The van der Waals surface area contributed by atoms with E-state index in [9.17, 15) is 18.4 Å². The predicted molar refractivity (Wildman–Crippen MR) is 121 cm³/mol. The Labute approximate surface area is 191 Å². The van der Waals surface area contributed by atoms with Crippen molar-refractivity contribution in [2.75, 3.05) is 13.1 Å². The second-order valence-corrected chi connectivity index (χ2v) is 8.27. The number of amides is 2. The lowest BCUT2D eigenvalue weighted by molar-refractivity contribution is 0.0710. The average molecular weight is 450 g/mol. The van der Waals surface area contributed by atoms with Gasteiger partial charge in [0.15, 0.2) is 0 Å². The van der Waals surface area contributed by atoms with E-state index in [-0.39, 0.29) is 35.9 Å². The number of carbonyl (C=O) groups excluding carboxylic acids is 2. The van der Waals surface area contributed by atoms with E-state index in [0.29, 0.717) is 37.1 Å². The first-order valence-corrected chi connectivity index (χ1v) is 11.0. The lowest BCUT2D eigenvalue weighted by Gasteiger charge is -2.32. The first-order valence-electron chi connectivity index (χ1n) is 11.0. The molecule has 0 atom stereocenters. The first kappa shape index (κ1) is 22.6. The zero-order valence-electron chi connectivity index (χ0n) is 18.4. The van der Waals surface area contributed by atoms with Crippen molar-refractivity contribution >= 4 is 11.8 Å². The molecule has 1 fully saturated rings.